The molecule has 4 aromatic rings. The van der Waals surface area contributed by atoms with Gasteiger partial charge in [0.2, 0.25) is 0 Å². The molecular weight excluding hydrogens is 300 g/mol. The van der Waals surface area contributed by atoms with E-state index < -0.39 is 0 Å². The number of nitrogens with zero attached hydrogens (tertiary/aromatic N) is 3. The quantitative estimate of drug-likeness (QED) is 0.598. The highest BCUT2D eigenvalue weighted by Crippen LogP contribution is 2.40. The molecule has 5 heteroatoms. The molecule has 0 amide bonds. The Balaban J connectivity index is 1.80. The first kappa shape index (κ1) is 13.6. The Hall–Kier alpha value is -2.82. The van der Waals surface area contributed by atoms with Gasteiger partial charge in [0.15, 0.2) is 5.76 Å². The summed E-state index contributed by atoms with van der Waals surface area (Å²) in [5.74, 6) is 2.81. The molecule has 5 nitrogen and oxygen atoms in total. The molecule has 2 N–H and O–H groups in total. The van der Waals surface area contributed by atoms with Crippen molar-refractivity contribution in [3.63, 3.8) is 0 Å². The van der Waals surface area contributed by atoms with Crippen LogP contribution in [0.3, 0.4) is 0 Å². The average molecular weight is 318 g/mol. The summed E-state index contributed by atoms with van der Waals surface area (Å²) >= 11 is 0. The molecule has 0 saturated heterocycles. The first-order chi connectivity index (χ1) is 11.7. The molecule has 1 fully saturated rings. The van der Waals surface area contributed by atoms with Crippen LogP contribution in [0.25, 0.3) is 27.9 Å². The Labute approximate surface area is 139 Å². The maximum atomic E-state index is 6.18. The number of nitrogens with two attached hydrogens (primary N) is 1. The summed E-state index contributed by atoms with van der Waals surface area (Å²) in [6.45, 7) is 2.05. The zero-order chi connectivity index (χ0) is 16.3. The standard InChI is InChI=1S/C19H18N4O/c1-11-4-2-7-13-10-14(24-17(11)13)15-16-18(20)21-8-9-23(16)19(22-15)12-5-3-6-12/h2,4,7-10,12H,3,5-6H2,1H3,(H2,20,21). The number of hydrogen-bond donors (Lipinski definition) is 1. The van der Waals surface area contributed by atoms with Gasteiger partial charge in [0.05, 0.1) is 0 Å². The van der Waals surface area contributed by atoms with E-state index in [0.717, 1.165) is 39.3 Å². The third-order valence-electron chi connectivity index (χ3n) is 5.06. The van der Waals surface area contributed by atoms with E-state index in [4.69, 9.17) is 15.1 Å². The zero-order valence-corrected chi connectivity index (χ0v) is 13.5. The van der Waals surface area contributed by atoms with Gasteiger partial charge in [-0.25, -0.2) is 9.97 Å². The maximum absolute atomic E-state index is 6.18. The highest BCUT2D eigenvalue weighted by Gasteiger charge is 2.27. The topological polar surface area (TPSA) is 69.3 Å². The maximum Gasteiger partial charge on any atom is 0.156 e. The number of imidazole rings is 1. The van der Waals surface area contributed by atoms with E-state index in [1.165, 1.54) is 19.3 Å². The fourth-order valence-electron chi connectivity index (χ4n) is 3.54. The second-order valence-electron chi connectivity index (χ2n) is 6.58. The number of para-hydroxylation sites is 1. The third kappa shape index (κ3) is 1.81. The number of aryl methyl sites for hydroxylation is 1. The summed E-state index contributed by atoms with van der Waals surface area (Å²) in [6.07, 6.45) is 7.31. The van der Waals surface area contributed by atoms with Crippen molar-refractivity contribution in [1.82, 2.24) is 14.4 Å². The predicted octanol–water partition coefficient (Wildman–Crippen LogP) is 4.30. The minimum atomic E-state index is 0.489. The molecule has 0 spiro atoms. The van der Waals surface area contributed by atoms with Gasteiger partial charge < -0.3 is 10.2 Å². The van der Waals surface area contributed by atoms with Crippen LogP contribution in [0, 0.1) is 6.92 Å². The van der Waals surface area contributed by atoms with Crippen molar-refractivity contribution in [2.75, 3.05) is 5.73 Å². The van der Waals surface area contributed by atoms with E-state index in [2.05, 4.69) is 28.4 Å². The Morgan fingerprint density at radius 1 is 1.29 bits per heavy atom. The van der Waals surface area contributed by atoms with E-state index in [1.807, 2.05) is 18.3 Å². The largest absolute Gasteiger partial charge is 0.454 e. The molecule has 0 radical (unpaired) electrons. The van der Waals surface area contributed by atoms with E-state index in [0.29, 0.717) is 11.7 Å². The minimum Gasteiger partial charge on any atom is -0.454 e. The van der Waals surface area contributed by atoms with Gasteiger partial charge in [0, 0.05) is 23.7 Å². The van der Waals surface area contributed by atoms with Gasteiger partial charge in [-0.15, -0.1) is 0 Å². The summed E-state index contributed by atoms with van der Waals surface area (Å²) < 4.78 is 8.22. The summed E-state index contributed by atoms with van der Waals surface area (Å²) in [7, 11) is 0. The summed E-state index contributed by atoms with van der Waals surface area (Å²) in [4.78, 5) is 9.17. The summed E-state index contributed by atoms with van der Waals surface area (Å²) in [5, 5.41) is 1.08. The SMILES string of the molecule is Cc1cccc2cc(-c3nc(C4CCC4)n4ccnc(N)c34)oc12. The van der Waals surface area contributed by atoms with Crippen LogP contribution >= 0.6 is 0 Å². The lowest BCUT2D eigenvalue weighted by molar-refractivity contribution is 0.400. The fraction of sp³-hybridized carbons (Fsp3) is 0.263. The van der Waals surface area contributed by atoms with Crippen LogP contribution in [0.1, 0.15) is 36.6 Å². The molecule has 1 saturated carbocycles. The lowest BCUT2D eigenvalue weighted by Crippen LogP contribution is -2.12. The van der Waals surface area contributed by atoms with Crippen LogP contribution in [0.4, 0.5) is 5.82 Å². The number of nitrogen functional groups attached to an aromatic ring is 1. The van der Waals surface area contributed by atoms with E-state index in [9.17, 15) is 0 Å². The Kier molecular flexibility index (Phi) is 2.74. The number of hydrogen-bond acceptors (Lipinski definition) is 4. The summed E-state index contributed by atoms with van der Waals surface area (Å²) in [6, 6.07) is 8.19. The van der Waals surface area contributed by atoms with Crippen LogP contribution in [-0.2, 0) is 0 Å². The lowest BCUT2D eigenvalue weighted by Gasteiger charge is -2.23. The first-order valence-electron chi connectivity index (χ1n) is 8.34. The second kappa shape index (κ2) is 4.84. The smallest absolute Gasteiger partial charge is 0.156 e. The molecular formula is C19H18N4O. The Morgan fingerprint density at radius 2 is 2.17 bits per heavy atom. The average Bonchev–Trinajstić information content (AvgIpc) is 3.09. The van der Waals surface area contributed by atoms with Gasteiger partial charge >= 0.3 is 0 Å². The van der Waals surface area contributed by atoms with Crippen LogP contribution in [0.2, 0.25) is 0 Å². The molecule has 120 valence electrons. The van der Waals surface area contributed by atoms with Crippen LogP contribution in [0.15, 0.2) is 41.1 Å². The Morgan fingerprint density at radius 3 is 2.92 bits per heavy atom. The molecule has 24 heavy (non-hydrogen) atoms. The molecule has 0 aliphatic heterocycles. The zero-order valence-electron chi connectivity index (χ0n) is 13.5. The number of furan rings is 1. The molecule has 1 aliphatic rings. The lowest BCUT2D eigenvalue weighted by atomic mass is 9.85. The Bertz CT molecular complexity index is 1070. The van der Waals surface area contributed by atoms with Gasteiger partial charge in [-0.05, 0) is 31.4 Å². The van der Waals surface area contributed by atoms with Gasteiger partial charge in [-0.1, -0.05) is 24.6 Å². The van der Waals surface area contributed by atoms with E-state index in [1.54, 1.807) is 6.20 Å². The highest BCUT2D eigenvalue weighted by molar-refractivity contribution is 5.90. The fourth-order valence-corrected chi connectivity index (χ4v) is 3.54. The molecule has 1 aliphatic carbocycles. The number of benzene rings is 1. The number of rotatable bonds is 2. The predicted molar refractivity (Wildman–Crippen MR) is 93.9 cm³/mol. The number of aromatic nitrogens is 3. The second-order valence-corrected chi connectivity index (χ2v) is 6.58. The van der Waals surface area contributed by atoms with Crippen molar-refractivity contribution in [3.05, 3.63) is 48.0 Å². The molecule has 1 aromatic carbocycles. The van der Waals surface area contributed by atoms with Crippen molar-refractivity contribution < 1.29 is 4.42 Å². The van der Waals surface area contributed by atoms with Crippen LogP contribution in [-0.4, -0.2) is 14.4 Å². The summed E-state index contributed by atoms with van der Waals surface area (Å²) in [5.41, 5.74) is 9.83. The molecule has 0 bridgehead atoms. The van der Waals surface area contributed by atoms with Gasteiger partial charge in [0.25, 0.3) is 0 Å². The molecule has 0 unspecified atom stereocenters. The van der Waals surface area contributed by atoms with Crippen molar-refractivity contribution in [1.29, 1.82) is 0 Å². The molecule has 3 heterocycles. The molecule has 5 rings (SSSR count). The van der Waals surface area contributed by atoms with E-state index >= 15 is 0 Å². The van der Waals surface area contributed by atoms with Crippen molar-refractivity contribution in [2.24, 2.45) is 0 Å². The highest BCUT2D eigenvalue weighted by atomic mass is 16.3. The first-order valence-corrected chi connectivity index (χ1v) is 8.34. The molecule has 3 aromatic heterocycles. The van der Waals surface area contributed by atoms with Gasteiger partial charge in [-0.3, -0.25) is 4.40 Å². The normalized spacial score (nSPS) is 15.2. The van der Waals surface area contributed by atoms with Gasteiger partial charge in [0.1, 0.15) is 28.4 Å². The molecule has 0 atom stereocenters. The van der Waals surface area contributed by atoms with Crippen molar-refractivity contribution in [3.8, 4) is 11.5 Å². The van der Waals surface area contributed by atoms with Crippen molar-refractivity contribution in [2.45, 2.75) is 32.1 Å². The van der Waals surface area contributed by atoms with E-state index in [-0.39, 0.29) is 0 Å². The minimum absolute atomic E-state index is 0.489. The van der Waals surface area contributed by atoms with Crippen molar-refractivity contribution >= 4 is 22.3 Å². The third-order valence-corrected chi connectivity index (χ3v) is 5.06. The van der Waals surface area contributed by atoms with Crippen LogP contribution < -0.4 is 5.73 Å². The van der Waals surface area contributed by atoms with Gasteiger partial charge in [-0.2, -0.15) is 0 Å². The number of fused-ring (bicyclic) bond motifs is 2. The van der Waals surface area contributed by atoms with Crippen LogP contribution in [0.5, 0.6) is 0 Å². The monoisotopic (exact) mass is 318 g/mol. The number of anilines is 1.